The lowest BCUT2D eigenvalue weighted by atomic mass is 10.1. The fourth-order valence-electron chi connectivity index (χ4n) is 2.43. The van der Waals surface area contributed by atoms with Gasteiger partial charge in [-0.2, -0.15) is 0 Å². The molecule has 29 heavy (non-hydrogen) atoms. The van der Waals surface area contributed by atoms with Crippen LogP contribution in [0.15, 0.2) is 42.5 Å². The predicted octanol–water partition coefficient (Wildman–Crippen LogP) is 3.90. The van der Waals surface area contributed by atoms with Crippen LogP contribution in [0.25, 0.3) is 0 Å². The summed E-state index contributed by atoms with van der Waals surface area (Å²) in [5.41, 5.74) is 1.34. The number of halogens is 1. The molecule has 1 amide bonds. The number of amides is 1. The summed E-state index contributed by atoms with van der Waals surface area (Å²) >= 11 is 5.84. The lowest BCUT2D eigenvalue weighted by Crippen LogP contribution is -2.30. The van der Waals surface area contributed by atoms with Crippen LogP contribution in [0, 0.1) is 5.92 Å². The Morgan fingerprint density at radius 3 is 2.45 bits per heavy atom. The van der Waals surface area contributed by atoms with E-state index in [1.807, 2.05) is 26.0 Å². The highest BCUT2D eigenvalue weighted by atomic mass is 35.5. The SMILES string of the molecule is COc1cc(C(=O)OCC(=O)NCCc2ccc(Cl)cc2)ccc1OCC(C)C. The average Bonchev–Trinajstić information content (AvgIpc) is 2.71. The number of esters is 1. The Labute approximate surface area is 176 Å². The van der Waals surface area contributed by atoms with Crippen LogP contribution in [0.1, 0.15) is 29.8 Å². The van der Waals surface area contributed by atoms with E-state index in [2.05, 4.69) is 5.32 Å². The minimum absolute atomic E-state index is 0.285. The van der Waals surface area contributed by atoms with Crippen LogP contribution in [0.4, 0.5) is 0 Å². The summed E-state index contributed by atoms with van der Waals surface area (Å²) < 4.78 is 16.0. The number of ether oxygens (including phenoxy) is 3. The zero-order valence-electron chi connectivity index (χ0n) is 16.9. The van der Waals surface area contributed by atoms with Crippen LogP contribution in [-0.4, -0.2) is 38.7 Å². The lowest BCUT2D eigenvalue weighted by Gasteiger charge is -2.13. The molecule has 0 unspecified atom stereocenters. The van der Waals surface area contributed by atoms with Gasteiger partial charge in [0, 0.05) is 11.6 Å². The van der Waals surface area contributed by atoms with Gasteiger partial charge in [-0.1, -0.05) is 37.6 Å². The number of benzene rings is 2. The van der Waals surface area contributed by atoms with Gasteiger partial charge in [-0.15, -0.1) is 0 Å². The fourth-order valence-corrected chi connectivity index (χ4v) is 2.56. The van der Waals surface area contributed by atoms with Gasteiger partial charge in [0.05, 0.1) is 19.3 Å². The number of hydrogen-bond acceptors (Lipinski definition) is 5. The number of rotatable bonds is 10. The molecule has 1 N–H and O–H groups in total. The van der Waals surface area contributed by atoms with Crippen LogP contribution in [-0.2, 0) is 16.0 Å². The van der Waals surface area contributed by atoms with Gasteiger partial charge < -0.3 is 19.5 Å². The maximum Gasteiger partial charge on any atom is 0.338 e. The number of hydrogen-bond donors (Lipinski definition) is 1. The second kappa shape index (κ2) is 11.3. The van der Waals surface area contributed by atoms with Crippen LogP contribution >= 0.6 is 11.6 Å². The molecular weight excluding hydrogens is 394 g/mol. The summed E-state index contributed by atoms with van der Waals surface area (Å²) in [6, 6.07) is 12.2. The smallest absolute Gasteiger partial charge is 0.338 e. The summed E-state index contributed by atoms with van der Waals surface area (Å²) in [6.07, 6.45) is 0.659. The Bertz CT molecular complexity index is 820. The van der Waals surface area contributed by atoms with Crippen LogP contribution in [0.2, 0.25) is 5.02 Å². The normalized spacial score (nSPS) is 10.5. The first kappa shape index (κ1) is 22.6. The van der Waals surface area contributed by atoms with E-state index in [0.29, 0.717) is 42.0 Å². The van der Waals surface area contributed by atoms with Crippen molar-refractivity contribution in [2.24, 2.45) is 5.92 Å². The van der Waals surface area contributed by atoms with E-state index in [-0.39, 0.29) is 18.1 Å². The Hall–Kier alpha value is -2.73. The minimum atomic E-state index is -0.605. The van der Waals surface area contributed by atoms with Gasteiger partial charge in [0.15, 0.2) is 18.1 Å². The third-order valence-electron chi connectivity index (χ3n) is 3.95. The van der Waals surface area contributed by atoms with Crippen molar-refractivity contribution in [2.45, 2.75) is 20.3 Å². The van der Waals surface area contributed by atoms with Crippen LogP contribution < -0.4 is 14.8 Å². The lowest BCUT2D eigenvalue weighted by molar-refractivity contribution is -0.124. The summed E-state index contributed by atoms with van der Waals surface area (Å²) in [6.45, 7) is 4.70. The van der Waals surface area contributed by atoms with E-state index < -0.39 is 5.97 Å². The van der Waals surface area contributed by atoms with E-state index >= 15 is 0 Å². The number of carbonyl (C=O) groups is 2. The van der Waals surface area contributed by atoms with Crippen molar-refractivity contribution in [1.82, 2.24) is 5.32 Å². The highest BCUT2D eigenvalue weighted by Crippen LogP contribution is 2.28. The quantitative estimate of drug-likeness (QED) is 0.591. The zero-order valence-corrected chi connectivity index (χ0v) is 17.6. The second-order valence-corrected chi connectivity index (χ2v) is 7.31. The third kappa shape index (κ3) is 7.66. The highest BCUT2D eigenvalue weighted by Gasteiger charge is 2.14. The molecule has 6 nitrogen and oxygen atoms in total. The maximum atomic E-state index is 12.2. The molecule has 0 bridgehead atoms. The molecule has 2 rings (SSSR count). The molecule has 0 heterocycles. The molecule has 0 radical (unpaired) electrons. The molecule has 0 fully saturated rings. The van der Waals surface area contributed by atoms with Crippen molar-refractivity contribution in [1.29, 1.82) is 0 Å². The van der Waals surface area contributed by atoms with Gasteiger partial charge >= 0.3 is 5.97 Å². The molecule has 2 aromatic rings. The van der Waals surface area contributed by atoms with E-state index in [4.69, 9.17) is 25.8 Å². The van der Waals surface area contributed by atoms with Crippen LogP contribution in [0.3, 0.4) is 0 Å². The molecule has 0 saturated carbocycles. The predicted molar refractivity (Wildman–Crippen MR) is 112 cm³/mol. The highest BCUT2D eigenvalue weighted by molar-refractivity contribution is 6.30. The Kier molecular flexibility index (Phi) is 8.80. The molecule has 2 aromatic carbocycles. The molecule has 0 aliphatic carbocycles. The zero-order chi connectivity index (χ0) is 21.2. The minimum Gasteiger partial charge on any atom is -0.493 e. The Balaban J connectivity index is 1.80. The monoisotopic (exact) mass is 419 g/mol. The Morgan fingerprint density at radius 1 is 1.07 bits per heavy atom. The molecular formula is C22H26ClNO5. The average molecular weight is 420 g/mol. The topological polar surface area (TPSA) is 73.9 Å². The standard InChI is InChI=1S/C22H26ClNO5/c1-15(2)13-28-19-9-6-17(12-20(19)27-3)22(26)29-14-21(25)24-11-10-16-4-7-18(23)8-5-16/h4-9,12,15H,10-11,13-14H2,1-3H3,(H,24,25). The molecule has 0 aliphatic rings. The maximum absolute atomic E-state index is 12.2. The van der Waals surface area contributed by atoms with Gasteiger partial charge in [0.1, 0.15) is 0 Å². The van der Waals surface area contributed by atoms with E-state index in [9.17, 15) is 9.59 Å². The summed E-state index contributed by atoms with van der Waals surface area (Å²) in [7, 11) is 1.50. The van der Waals surface area contributed by atoms with Crippen molar-refractivity contribution >= 4 is 23.5 Å². The molecule has 0 aromatic heterocycles. The summed E-state index contributed by atoms with van der Waals surface area (Å²) in [5, 5.41) is 3.39. The molecule has 0 saturated heterocycles. The van der Waals surface area contributed by atoms with Gasteiger partial charge in [-0.3, -0.25) is 4.79 Å². The van der Waals surface area contributed by atoms with Crippen molar-refractivity contribution in [3.63, 3.8) is 0 Å². The number of methoxy groups -OCH3 is 1. The first-order chi connectivity index (χ1) is 13.9. The first-order valence-electron chi connectivity index (χ1n) is 9.38. The molecule has 7 heteroatoms. The number of carbonyl (C=O) groups excluding carboxylic acids is 2. The first-order valence-corrected chi connectivity index (χ1v) is 9.76. The summed E-state index contributed by atoms with van der Waals surface area (Å²) in [5.74, 6) is 0.385. The fraction of sp³-hybridized carbons (Fsp3) is 0.364. The molecule has 0 spiro atoms. The van der Waals surface area contributed by atoms with Crippen LogP contribution in [0.5, 0.6) is 11.5 Å². The van der Waals surface area contributed by atoms with Gasteiger partial charge in [0.25, 0.3) is 5.91 Å². The second-order valence-electron chi connectivity index (χ2n) is 6.87. The molecule has 0 atom stereocenters. The Morgan fingerprint density at radius 2 is 1.79 bits per heavy atom. The third-order valence-corrected chi connectivity index (χ3v) is 4.21. The van der Waals surface area contributed by atoms with Crippen molar-refractivity contribution in [2.75, 3.05) is 26.9 Å². The van der Waals surface area contributed by atoms with Crippen molar-refractivity contribution in [3.8, 4) is 11.5 Å². The summed E-state index contributed by atoms with van der Waals surface area (Å²) in [4.78, 5) is 24.1. The van der Waals surface area contributed by atoms with E-state index in [1.54, 1.807) is 24.3 Å². The van der Waals surface area contributed by atoms with Crippen molar-refractivity contribution < 1.29 is 23.8 Å². The van der Waals surface area contributed by atoms with Gasteiger partial charge in [-0.25, -0.2) is 4.79 Å². The van der Waals surface area contributed by atoms with E-state index in [0.717, 1.165) is 5.56 Å². The molecule has 0 aliphatic heterocycles. The van der Waals surface area contributed by atoms with Crippen molar-refractivity contribution in [3.05, 3.63) is 58.6 Å². The number of nitrogens with one attached hydrogen (secondary N) is 1. The van der Waals surface area contributed by atoms with Gasteiger partial charge in [0.2, 0.25) is 0 Å². The van der Waals surface area contributed by atoms with Gasteiger partial charge in [-0.05, 0) is 48.2 Å². The largest absolute Gasteiger partial charge is 0.493 e. The molecule has 156 valence electrons. The van der Waals surface area contributed by atoms with E-state index in [1.165, 1.54) is 13.2 Å².